The molecule has 1 aliphatic carbocycles. The molecule has 1 rings (SSSR count). The van der Waals surface area contributed by atoms with Gasteiger partial charge in [-0.25, -0.2) is 0 Å². The van der Waals surface area contributed by atoms with Gasteiger partial charge in [0.2, 0.25) is 0 Å². The fourth-order valence-corrected chi connectivity index (χ4v) is 1.27. The Balaban J connectivity index is 2.11. The van der Waals surface area contributed by atoms with Crippen LogP contribution in [0.3, 0.4) is 0 Å². The fourth-order valence-electron chi connectivity index (χ4n) is 1.27. The summed E-state index contributed by atoms with van der Waals surface area (Å²) in [6.45, 7) is 4.48. The molecule has 0 bridgehead atoms. The van der Waals surface area contributed by atoms with Crippen LogP contribution in [-0.2, 0) is 0 Å². The standard InChI is InChI=1S/C9H19N/c1-3-7(2)9(10)6-8-4-5-8/h7-9H,3-6,10H2,1-2H3. The molecule has 1 heteroatoms. The summed E-state index contributed by atoms with van der Waals surface area (Å²) in [6.07, 6.45) is 5.37. The van der Waals surface area contributed by atoms with Crippen molar-refractivity contribution in [3.63, 3.8) is 0 Å². The van der Waals surface area contributed by atoms with E-state index in [2.05, 4.69) is 13.8 Å². The van der Waals surface area contributed by atoms with Crippen LogP contribution in [0.4, 0.5) is 0 Å². The summed E-state index contributed by atoms with van der Waals surface area (Å²) >= 11 is 0. The van der Waals surface area contributed by atoms with E-state index in [9.17, 15) is 0 Å². The molecule has 0 aliphatic heterocycles. The van der Waals surface area contributed by atoms with E-state index in [0.29, 0.717) is 6.04 Å². The van der Waals surface area contributed by atoms with Crippen LogP contribution in [0.25, 0.3) is 0 Å². The fraction of sp³-hybridized carbons (Fsp3) is 1.00. The molecule has 60 valence electrons. The highest BCUT2D eigenvalue weighted by molar-refractivity contribution is 4.80. The van der Waals surface area contributed by atoms with Crippen molar-refractivity contribution in [1.29, 1.82) is 0 Å². The third-order valence-electron chi connectivity index (χ3n) is 2.68. The molecule has 0 saturated heterocycles. The van der Waals surface area contributed by atoms with Crippen molar-refractivity contribution in [2.75, 3.05) is 0 Å². The third kappa shape index (κ3) is 2.30. The minimum atomic E-state index is 0.470. The van der Waals surface area contributed by atoms with Gasteiger partial charge in [-0.1, -0.05) is 33.1 Å². The van der Waals surface area contributed by atoms with E-state index in [0.717, 1.165) is 11.8 Å². The van der Waals surface area contributed by atoms with Crippen LogP contribution < -0.4 is 5.73 Å². The Morgan fingerprint density at radius 1 is 1.50 bits per heavy atom. The van der Waals surface area contributed by atoms with Crippen LogP contribution in [-0.4, -0.2) is 6.04 Å². The summed E-state index contributed by atoms with van der Waals surface area (Å²) < 4.78 is 0. The molecule has 2 N–H and O–H groups in total. The van der Waals surface area contributed by atoms with E-state index >= 15 is 0 Å². The SMILES string of the molecule is CCC(C)C(N)CC1CC1. The van der Waals surface area contributed by atoms with Crippen molar-refractivity contribution in [2.45, 2.75) is 45.6 Å². The maximum absolute atomic E-state index is 5.97. The lowest BCUT2D eigenvalue weighted by atomic mass is 9.95. The minimum absolute atomic E-state index is 0.470. The van der Waals surface area contributed by atoms with Gasteiger partial charge in [-0.05, 0) is 18.3 Å². The second-order valence-corrected chi connectivity index (χ2v) is 3.73. The molecule has 0 heterocycles. The Morgan fingerprint density at radius 2 is 2.10 bits per heavy atom. The van der Waals surface area contributed by atoms with Crippen LogP contribution in [0.2, 0.25) is 0 Å². The summed E-state index contributed by atoms with van der Waals surface area (Å²) in [7, 11) is 0. The maximum atomic E-state index is 5.97. The molecular formula is C9H19N. The van der Waals surface area contributed by atoms with Crippen molar-refractivity contribution in [3.05, 3.63) is 0 Å². The van der Waals surface area contributed by atoms with E-state index in [1.54, 1.807) is 0 Å². The van der Waals surface area contributed by atoms with Gasteiger partial charge >= 0.3 is 0 Å². The molecule has 0 spiro atoms. The second kappa shape index (κ2) is 3.38. The molecule has 0 radical (unpaired) electrons. The van der Waals surface area contributed by atoms with E-state index < -0.39 is 0 Å². The Kier molecular flexibility index (Phi) is 2.72. The molecule has 0 amide bonds. The highest BCUT2D eigenvalue weighted by Crippen LogP contribution is 2.34. The Morgan fingerprint density at radius 3 is 2.50 bits per heavy atom. The first-order valence-corrected chi connectivity index (χ1v) is 4.49. The van der Waals surface area contributed by atoms with E-state index in [1.807, 2.05) is 0 Å². The average Bonchev–Trinajstić information content (AvgIpc) is 2.70. The highest BCUT2D eigenvalue weighted by Gasteiger charge is 2.25. The molecule has 1 aliphatic rings. The summed E-state index contributed by atoms with van der Waals surface area (Å²) in [4.78, 5) is 0. The highest BCUT2D eigenvalue weighted by atomic mass is 14.6. The largest absolute Gasteiger partial charge is 0.327 e. The van der Waals surface area contributed by atoms with Gasteiger partial charge in [0, 0.05) is 6.04 Å². The van der Waals surface area contributed by atoms with Crippen molar-refractivity contribution >= 4 is 0 Å². The molecule has 0 aromatic rings. The van der Waals surface area contributed by atoms with Gasteiger partial charge in [-0.3, -0.25) is 0 Å². The zero-order valence-electron chi connectivity index (χ0n) is 7.14. The zero-order chi connectivity index (χ0) is 7.56. The van der Waals surface area contributed by atoms with Crippen molar-refractivity contribution in [1.82, 2.24) is 0 Å². The molecule has 1 nitrogen and oxygen atoms in total. The second-order valence-electron chi connectivity index (χ2n) is 3.73. The smallest absolute Gasteiger partial charge is 0.00670 e. The summed E-state index contributed by atoms with van der Waals surface area (Å²) in [5.74, 6) is 1.71. The van der Waals surface area contributed by atoms with Gasteiger partial charge in [0.25, 0.3) is 0 Å². The third-order valence-corrected chi connectivity index (χ3v) is 2.68. The van der Waals surface area contributed by atoms with Crippen LogP contribution in [0.15, 0.2) is 0 Å². The van der Waals surface area contributed by atoms with E-state index in [-0.39, 0.29) is 0 Å². The van der Waals surface area contributed by atoms with Gasteiger partial charge < -0.3 is 5.73 Å². The predicted molar refractivity (Wildman–Crippen MR) is 44.8 cm³/mol. The van der Waals surface area contributed by atoms with Gasteiger partial charge in [-0.15, -0.1) is 0 Å². The predicted octanol–water partition coefficient (Wildman–Crippen LogP) is 2.16. The Labute approximate surface area is 64.0 Å². The van der Waals surface area contributed by atoms with Gasteiger partial charge in [0.1, 0.15) is 0 Å². The van der Waals surface area contributed by atoms with E-state index in [4.69, 9.17) is 5.73 Å². The van der Waals surface area contributed by atoms with Crippen LogP contribution in [0.1, 0.15) is 39.5 Å². The number of rotatable bonds is 4. The normalized spacial score (nSPS) is 24.3. The lowest BCUT2D eigenvalue weighted by Gasteiger charge is -2.17. The molecule has 2 unspecified atom stereocenters. The van der Waals surface area contributed by atoms with Crippen molar-refractivity contribution in [2.24, 2.45) is 17.6 Å². The molecular weight excluding hydrogens is 122 g/mol. The lowest BCUT2D eigenvalue weighted by molar-refractivity contribution is 0.404. The number of hydrogen-bond donors (Lipinski definition) is 1. The van der Waals surface area contributed by atoms with Crippen LogP contribution >= 0.6 is 0 Å². The average molecular weight is 141 g/mol. The van der Waals surface area contributed by atoms with Crippen molar-refractivity contribution < 1.29 is 0 Å². The summed E-state index contributed by atoms with van der Waals surface area (Å²) in [5.41, 5.74) is 5.97. The summed E-state index contributed by atoms with van der Waals surface area (Å²) in [6, 6.07) is 0.470. The van der Waals surface area contributed by atoms with E-state index in [1.165, 1.54) is 25.7 Å². The quantitative estimate of drug-likeness (QED) is 0.638. The molecule has 10 heavy (non-hydrogen) atoms. The maximum Gasteiger partial charge on any atom is 0.00670 e. The first-order valence-electron chi connectivity index (χ1n) is 4.49. The molecule has 1 fully saturated rings. The van der Waals surface area contributed by atoms with Gasteiger partial charge in [0.05, 0.1) is 0 Å². The summed E-state index contributed by atoms with van der Waals surface area (Å²) in [5, 5.41) is 0. The Hall–Kier alpha value is -0.0400. The first-order chi connectivity index (χ1) is 4.74. The topological polar surface area (TPSA) is 26.0 Å². The molecule has 2 atom stereocenters. The molecule has 0 aromatic heterocycles. The van der Waals surface area contributed by atoms with Crippen LogP contribution in [0, 0.1) is 11.8 Å². The molecule has 0 aromatic carbocycles. The zero-order valence-corrected chi connectivity index (χ0v) is 7.14. The number of hydrogen-bond acceptors (Lipinski definition) is 1. The monoisotopic (exact) mass is 141 g/mol. The van der Waals surface area contributed by atoms with Crippen LogP contribution in [0.5, 0.6) is 0 Å². The minimum Gasteiger partial charge on any atom is -0.327 e. The lowest BCUT2D eigenvalue weighted by Crippen LogP contribution is -2.28. The Bertz CT molecular complexity index is 96.9. The van der Waals surface area contributed by atoms with Crippen molar-refractivity contribution in [3.8, 4) is 0 Å². The molecule has 1 saturated carbocycles. The first kappa shape index (κ1) is 8.06. The number of nitrogens with two attached hydrogens (primary N) is 1. The van der Waals surface area contributed by atoms with Gasteiger partial charge in [0.15, 0.2) is 0 Å². The van der Waals surface area contributed by atoms with Gasteiger partial charge in [-0.2, -0.15) is 0 Å².